The lowest BCUT2D eigenvalue weighted by atomic mass is 10.1. The first-order valence-electron chi connectivity index (χ1n) is 10.4. The number of benzene rings is 2. The molecule has 34 heavy (non-hydrogen) atoms. The third kappa shape index (κ3) is 5.12. The molecule has 0 aliphatic carbocycles. The lowest BCUT2D eigenvalue weighted by Gasteiger charge is -2.35. The van der Waals surface area contributed by atoms with Crippen molar-refractivity contribution in [3.63, 3.8) is 0 Å². The lowest BCUT2D eigenvalue weighted by molar-refractivity contribution is -0.138. The average Bonchev–Trinajstić information content (AvgIpc) is 2.84. The lowest BCUT2D eigenvalue weighted by Crippen LogP contribution is -2.49. The average molecular weight is 469 g/mol. The SMILES string of the molecule is O=C(c1ccccc1C(F)(F)F)N1CCN(c2ccc(C#Cc3ccc(O)c(F)c3)cn2)CC1. The number of amides is 1. The Bertz CT molecular complexity index is 1260. The number of hydrogen-bond acceptors (Lipinski definition) is 4. The van der Waals surface area contributed by atoms with E-state index in [0.29, 0.717) is 30.0 Å². The van der Waals surface area contributed by atoms with Gasteiger partial charge in [-0.25, -0.2) is 9.37 Å². The van der Waals surface area contributed by atoms with Crippen LogP contribution in [0, 0.1) is 17.7 Å². The number of halogens is 4. The highest BCUT2D eigenvalue weighted by molar-refractivity contribution is 5.96. The van der Waals surface area contributed by atoms with E-state index in [1.54, 1.807) is 18.3 Å². The highest BCUT2D eigenvalue weighted by atomic mass is 19.4. The molecule has 0 atom stereocenters. The summed E-state index contributed by atoms with van der Waals surface area (Å²) in [6.45, 7) is 1.37. The number of aromatic nitrogens is 1. The van der Waals surface area contributed by atoms with Gasteiger partial charge >= 0.3 is 6.18 Å². The van der Waals surface area contributed by atoms with Gasteiger partial charge < -0.3 is 14.9 Å². The molecule has 1 fully saturated rings. The summed E-state index contributed by atoms with van der Waals surface area (Å²) in [6.07, 6.45) is -3.03. The molecule has 0 radical (unpaired) electrons. The van der Waals surface area contributed by atoms with E-state index >= 15 is 0 Å². The summed E-state index contributed by atoms with van der Waals surface area (Å²) in [4.78, 5) is 20.5. The van der Waals surface area contributed by atoms with E-state index in [0.717, 1.165) is 12.1 Å². The summed E-state index contributed by atoms with van der Waals surface area (Å²) in [5.41, 5.74) is -0.268. The number of alkyl halides is 3. The molecule has 1 aromatic heterocycles. The highest BCUT2D eigenvalue weighted by Gasteiger charge is 2.36. The molecule has 1 aliphatic rings. The van der Waals surface area contributed by atoms with Gasteiger partial charge in [-0.15, -0.1) is 0 Å². The van der Waals surface area contributed by atoms with Crippen LogP contribution in [-0.2, 0) is 6.18 Å². The second-order valence-corrected chi connectivity index (χ2v) is 7.64. The van der Waals surface area contributed by atoms with Gasteiger partial charge in [0.15, 0.2) is 11.6 Å². The largest absolute Gasteiger partial charge is 0.505 e. The molecular formula is C25H19F4N3O2. The third-order valence-electron chi connectivity index (χ3n) is 5.40. The zero-order valence-corrected chi connectivity index (χ0v) is 17.8. The number of piperazine rings is 1. The van der Waals surface area contributed by atoms with E-state index in [2.05, 4.69) is 16.8 Å². The second kappa shape index (κ2) is 9.43. The molecular weight excluding hydrogens is 450 g/mol. The van der Waals surface area contributed by atoms with Gasteiger partial charge in [-0.1, -0.05) is 24.0 Å². The predicted molar refractivity (Wildman–Crippen MR) is 118 cm³/mol. The molecule has 1 aliphatic heterocycles. The van der Waals surface area contributed by atoms with E-state index in [4.69, 9.17) is 0 Å². The number of nitrogens with zero attached hydrogens (tertiary/aromatic N) is 3. The van der Waals surface area contributed by atoms with Crippen LogP contribution in [0.4, 0.5) is 23.4 Å². The number of carbonyl (C=O) groups is 1. The Morgan fingerprint density at radius 2 is 1.62 bits per heavy atom. The normalized spacial score (nSPS) is 13.9. The molecule has 0 spiro atoms. The van der Waals surface area contributed by atoms with Crippen molar-refractivity contribution in [1.29, 1.82) is 0 Å². The fourth-order valence-corrected chi connectivity index (χ4v) is 3.60. The van der Waals surface area contributed by atoms with Crippen molar-refractivity contribution >= 4 is 11.7 Å². The fourth-order valence-electron chi connectivity index (χ4n) is 3.60. The van der Waals surface area contributed by atoms with Gasteiger partial charge in [-0.05, 0) is 42.5 Å². The third-order valence-corrected chi connectivity index (χ3v) is 5.40. The zero-order valence-electron chi connectivity index (χ0n) is 17.8. The Labute approximate surface area is 193 Å². The molecule has 1 saturated heterocycles. The second-order valence-electron chi connectivity index (χ2n) is 7.64. The smallest absolute Gasteiger partial charge is 0.417 e. The van der Waals surface area contributed by atoms with Gasteiger partial charge in [-0.2, -0.15) is 13.2 Å². The molecule has 2 heterocycles. The number of phenolic OH excluding ortho intramolecular Hbond substituents is 1. The maximum atomic E-state index is 13.4. The number of rotatable bonds is 2. The van der Waals surface area contributed by atoms with Crippen molar-refractivity contribution in [2.75, 3.05) is 31.1 Å². The quantitative estimate of drug-likeness (QED) is 0.449. The van der Waals surface area contributed by atoms with Crippen molar-refractivity contribution in [3.05, 3.63) is 88.9 Å². The van der Waals surface area contributed by atoms with E-state index in [-0.39, 0.29) is 18.7 Å². The first-order valence-corrected chi connectivity index (χ1v) is 10.4. The summed E-state index contributed by atoms with van der Waals surface area (Å²) in [7, 11) is 0. The molecule has 174 valence electrons. The standard InChI is InChI=1S/C25H19F4N3O2/c26-21-15-17(7-9-22(21)33)5-6-18-8-10-23(30-16-18)31-11-13-32(14-12-31)24(34)19-3-1-2-4-20(19)25(27,28)29/h1-4,7-10,15-16,33H,11-14H2. The molecule has 1 N–H and O–H groups in total. The minimum absolute atomic E-state index is 0.265. The van der Waals surface area contributed by atoms with Gasteiger partial charge in [0.05, 0.1) is 11.1 Å². The predicted octanol–water partition coefficient (Wildman–Crippen LogP) is 4.31. The molecule has 9 heteroatoms. The number of aromatic hydroxyl groups is 1. The van der Waals surface area contributed by atoms with E-state index in [9.17, 15) is 27.5 Å². The molecule has 4 rings (SSSR count). The Hall–Kier alpha value is -4.06. The van der Waals surface area contributed by atoms with Crippen LogP contribution in [0.5, 0.6) is 5.75 Å². The van der Waals surface area contributed by atoms with Crippen molar-refractivity contribution in [2.45, 2.75) is 6.18 Å². The van der Waals surface area contributed by atoms with Gasteiger partial charge in [0.1, 0.15) is 5.82 Å². The van der Waals surface area contributed by atoms with Crippen LogP contribution in [0.25, 0.3) is 0 Å². The van der Waals surface area contributed by atoms with Crippen LogP contribution in [-0.4, -0.2) is 47.1 Å². The Kier molecular flexibility index (Phi) is 6.41. The van der Waals surface area contributed by atoms with Crippen molar-refractivity contribution in [1.82, 2.24) is 9.88 Å². The fraction of sp³-hybridized carbons (Fsp3) is 0.200. The molecule has 0 saturated carbocycles. The highest BCUT2D eigenvalue weighted by Crippen LogP contribution is 2.32. The van der Waals surface area contributed by atoms with Crippen LogP contribution in [0.3, 0.4) is 0 Å². The van der Waals surface area contributed by atoms with Crippen molar-refractivity contribution < 1.29 is 27.5 Å². The molecule has 2 aromatic carbocycles. The van der Waals surface area contributed by atoms with Crippen LogP contribution >= 0.6 is 0 Å². The number of anilines is 1. The maximum Gasteiger partial charge on any atom is 0.417 e. The van der Waals surface area contributed by atoms with Crippen molar-refractivity contribution in [3.8, 4) is 17.6 Å². The minimum Gasteiger partial charge on any atom is -0.505 e. The topological polar surface area (TPSA) is 56.7 Å². The molecule has 0 unspecified atom stereocenters. The first kappa shape index (κ1) is 23.1. The number of phenols is 1. The number of carbonyl (C=O) groups excluding carboxylic acids is 1. The minimum atomic E-state index is -4.60. The van der Waals surface area contributed by atoms with Crippen LogP contribution in [0.1, 0.15) is 27.0 Å². The van der Waals surface area contributed by atoms with E-state index in [1.165, 1.54) is 35.2 Å². The van der Waals surface area contributed by atoms with E-state index in [1.807, 2.05) is 4.90 Å². The Balaban J connectivity index is 1.39. The first-order chi connectivity index (χ1) is 16.2. The molecule has 1 amide bonds. The molecule has 0 bridgehead atoms. The molecule has 5 nitrogen and oxygen atoms in total. The van der Waals surface area contributed by atoms with Crippen LogP contribution < -0.4 is 4.90 Å². The van der Waals surface area contributed by atoms with Gasteiger partial charge in [0.25, 0.3) is 5.91 Å². The summed E-state index contributed by atoms with van der Waals surface area (Å²) in [5.74, 6) is 4.49. The monoisotopic (exact) mass is 469 g/mol. The summed E-state index contributed by atoms with van der Waals surface area (Å²) < 4.78 is 53.2. The number of pyridine rings is 1. The summed E-state index contributed by atoms with van der Waals surface area (Å²) >= 11 is 0. The van der Waals surface area contributed by atoms with Crippen LogP contribution in [0.15, 0.2) is 60.8 Å². The van der Waals surface area contributed by atoms with Gasteiger partial charge in [-0.3, -0.25) is 4.79 Å². The Morgan fingerprint density at radius 1 is 0.941 bits per heavy atom. The summed E-state index contributed by atoms with van der Waals surface area (Å²) in [6, 6.07) is 12.2. The van der Waals surface area contributed by atoms with Gasteiger partial charge in [0, 0.05) is 43.5 Å². The summed E-state index contributed by atoms with van der Waals surface area (Å²) in [5, 5.41) is 9.23. The van der Waals surface area contributed by atoms with E-state index < -0.39 is 29.2 Å². The Morgan fingerprint density at radius 3 is 2.26 bits per heavy atom. The maximum absolute atomic E-state index is 13.4. The zero-order chi connectivity index (χ0) is 24.3. The van der Waals surface area contributed by atoms with Crippen molar-refractivity contribution in [2.24, 2.45) is 0 Å². The number of hydrogen-bond donors (Lipinski definition) is 1. The van der Waals surface area contributed by atoms with Gasteiger partial charge in [0.2, 0.25) is 0 Å². The molecule has 3 aromatic rings. The van der Waals surface area contributed by atoms with Crippen LogP contribution in [0.2, 0.25) is 0 Å².